The fraction of sp³-hybridized carbons (Fsp3) is 0.652. The zero-order valence-corrected chi connectivity index (χ0v) is 17.9. The van der Waals surface area contributed by atoms with Gasteiger partial charge in [-0.25, -0.2) is 0 Å². The van der Waals surface area contributed by atoms with Gasteiger partial charge in [0.05, 0.1) is 5.41 Å². The Bertz CT molecular complexity index is 731. The van der Waals surface area contributed by atoms with Crippen molar-refractivity contribution in [1.82, 2.24) is 10.6 Å². The largest absolute Gasteiger partial charge is 0.355 e. The number of hydrogen-bond donors (Lipinski definition) is 2. The minimum absolute atomic E-state index is 0.0463. The average Bonchev–Trinajstić information content (AvgIpc) is 2.60. The van der Waals surface area contributed by atoms with E-state index in [0.717, 1.165) is 50.2 Å². The molecule has 2 amide bonds. The van der Waals surface area contributed by atoms with Crippen LogP contribution < -0.4 is 10.6 Å². The monoisotopic (exact) mass is 400 g/mol. The third-order valence-electron chi connectivity index (χ3n) is 6.91. The Morgan fingerprint density at radius 1 is 1.11 bits per heavy atom. The SMILES string of the molecule is CC(=O)NC12CC3CC(C1)CC(C(=O)NCCSCc1ccc(C)cc1)(C3)C2. The lowest BCUT2D eigenvalue weighted by atomic mass is 9.46. The summed E-state index contributed by atoms with van der Waals surface area (Å²) in [5, 5.41) is 6.48. The lowest BCUT2D eigenvalue weighted by Crippen LogP contribution is -2.65. The van der Waals surface area contributed by atoms with E-state index in [0.29, 0.717) is 11.8 Å². The predicted octanol–water partition coefficient (Wildman–Crippen LogP) is 3.82. The molecule has 0 radical (unpaired) electrons. The van der Waals surface area contributed by atoms with Gasteiger partial charge in [-0.2, -0.15) is 11.8 Å². The molecule has 2 unspecified atom stereocenters. The number of carbonyl (C=O) groups is 2. The van der Waals surface area contributed by atoms with Crippen molar-refractivity contribution >= 4 is 23.6 Å². The molecule has 0 aromatic heterocycles. The Balaban J connectivity index is 1.29. The lowest BCUT2D eigenvalue weighted by Gasteiger charge is -2.61. The van der Waals surface area contributed by atoms with E-state index in [4.69, 9.17) is 0 Å². The standard InChI is InChI=1S/C23H32N2O2S/c1-16-3-5-18(6-4-16)14-28-8-7-24-21(27)22-10-19-9-20(11-22)13-23(12-19,15-22)25-17(2)26/h3-6,19-20H,7-15H2,1-2H3,(H,24,27)(H,25,26). The second-order valence-electron chi connectivity index (χ2n) is 9.50. The molecule has 2 atom stereocenters. The number of thioether (sulfide) groups is 1. The number of hydrogen-bond acceptors (Lipinski definition) is 3. The van der Waals surface area contributed by atoms with Crippen molar-refractivity contribution in [3.05, 3.63) is 35.4 Å². The Labute approximate surface area is 172 Å². The van der Waals surface area contributed by atoms with Crippen LogP contribution in [0.5, 0.6) is 0 Å². The number of nitrogens with one attached hydrogen (secondary N) is 2. The topological polar surface area (TPSA) is 58.2 Å². The second-order valence-corrected chi connectivity index (χ2v) is 10.6. The van der Waals surface area contributed by atoms with Crippen molar-refractivity contribution in [2.24, 2.45) is 17.3 Å². The summed E-state index contributed by atoms with van der Waals surface area (Å²) in [6.45, 7) is 4.43. The van der Waals surface area contributed by atoms with Gasteiger partial charge in [-0.3, -0.25) is 9.59 Å². The van der Waals surface area contributed by atoms with Crippen molar-refractivity contribution < 1.29 is 9.59 Å². The van der Waals surface area contributed by atoms with Crippen LogP contribution in [0.2, 0.25) is 0 Å². The van der Waals surface area contributed by atoms with Crippen LogP contribution in [0.15, 0.2) is 24.3 Å². The van der Waals surface area contributed by atoms with E-state index in [2.05, 4.69) is 41.8 Å². The van der Waals surface area contributed by atoms with Crippen molar-refractivity contribution in [2.75, 3.05) is 12.3 Å². The zero-order chi connectivity index (χ0) is 19.8. The van der Waals surface area contributed by atoms with Crippen molar-refractivity contribution in [2.45, 2.75) is 63.7 Å². The number of carbonyl (C=O) groups excluding carboxylic acids is 2. The van der Waals surface area contributed by atoms with Gasteiger partial charge in [0, 0.05) is 30.5 Å². The van der Waals surface area contributed by atoms with E-state index in [1.54, 1.807) is 6.92 Å². The fourth-order valence-electron chi connectivity index (χ4n) is 6.35. The molecule has 152 valence electrons. The number of aryl methyl sites for hydroxylation is 1. The highest BCUT2D eigenvalue weighted by molar-refractivity contribution is 7.98. The quantitative estimate of drug-likeness (QED) is 0.684. The molecule has 0 heterocycles. The first-order valence-corrected chi connectivity index (χ1v) is 11.7. The van der Waals surface area contributed by atoms with Gasteiger partial charge in [0.25, 0.3) is 0 Å². The summed E-state index contributed by atoms with van der Waals surface area (Å²) >= 11 is 1.87. The summed E-state index contributed by atoms with van der Waals surface area (Å²) in [5.41, 5.74) is 2.23. The molecular formula is C23H32N2O2S. The molecule has 0 spiro atoms. The van der Waals surface area contributed by atoms with Gasteiger partial charge in [-0.05, 0) is 62.8 Å². The summed E-state index contributed by atoms with van der Waals surface area (Å²) in [6, 6.07) is 8.65. The van der Waals surface area contributed by atoms with Crippen LogP contribution in [0, 0.1) is 24.2 Å². The molecule has 5 rings (SSSR count). The minimum Gasteiger partial charge on any atom is -0.355 e. The van der Waals surface area contributed by atoms with Crippen LogP contribution in [0.4, 0.5) is 0 Å². The van der Waals surface area contributed by atoms with Gasteiger partial charge in [0.1, 0.15) is 0 Å². The zero-order valence-electron chi connectivity index (χ0n) is 17.1. The first kappa shape index (κ1) is 19.8. The van der Waals surface area contributed by atoms with Crippen LogP contribution in [0.25, 0.3) is 0 Å². The van der Waals surface area contributed by atoms with Gasteiger partial charge >= 0.3 is 0 Å². The van der Waals surface area contributed by atoms with Crippen LogP contribution in [0.1, 0.15) is 56.6 Å². The molecule has 0 aliphatic heterocycles. The second kappa shape index (κ2) is 7.74. The molecule has 4 aliphatic rings. The lowest BCUT2D eigenvalue weighted by molar-refractivity contribution is -0.152. The van der Waals surface area contributed by atoms with E-state index >= 15 is 0 Å². The maximum absolute atomic E-state index is 13.2. The third kappa shape index (κ3) is 4.10. The number of rotatable bonds is 7. The highest BCUT2D eigenvalue weighted by atomic mass is 32.2. The van der Waals surface area contributed by atoms with E-state index in [1.807, 2.05) is 11.8 Å². The van der Waals surface area contributed by atoms with Crippen LogP contribution in [0.3, 0.4) is 0 Å². The maximum atomic E-state index is 13.2. The van der Waals surface area contributed by atoms with Gasteiger partial charge in [-0.15, -0.1) is 0 Å². The van der Waals surface area contributed by atoms with Gasteiger partial charge in [0.2, 0.25) is 11.8 Å². The predicted molar refractivity (Wildman–Crippen MR) is 114 cm³/mol. The summed E-state index contributed by atoms with van der Waals surface area (Å²) < 4.78 is 0. The van der Waals surface area contributed by atoms with Crippen molar-refractivity contribution in [1.29, 1.82) is 0 Å². The Morgan fingerprint density at radius 2 is 1.79 bits per heavy atom. The highest BCUT2D eigenvalue weighted by Gasteiger charge is 2.60. The average molecular weight is 401 g/mol. The molecule has 4 aliphatic carbocycles. The summed E-state index contributed by atoms with van der Waals surface area (Å²) in [4.78, 5) is 24.9. The first-order valence-electron chi connectivity index (χ1n) is 10.6. The van der Waals surface area contributed by atoms with Crippen LogP contribution >= 0.6 is 11.8 Å². The molecule has 4 nitrogen and oxygen atoms in total. The highest BCUT2D eigenvalue weighted by Crippen LogP contribution is 2.61. The maximum Gasteiger partial charge on any atom is 0.226 e. The van der Waals surface area contributed by atoms with E-state index < -0.39 is 0 Å². The molecule has 5 heteroatoms. The van der Waals surface area contributed by atoms with Crippen LogP contribution in [-0.4, -0.2) is 29.7 Å². The summed E-state index contributed by atoms with van der Waals surface area (Å²) in [5.74, 6) is 3.37. The van der Waals surface area contributed by atoms with Gasteiger partial charge in [-0.1, -0.05) is 29.8 Å². The van der Waals surface area contributed by atoms with Crippen molar-refractivity contribution in [3.63, 3.8) is 0 Å². The van der Waals surface area contributed by atoms with E-state index in [1.165, 1.54) is 17.5 Å². The fourth-order valence-corrected chi connectivity index (χ4v) is 7.17. The summed E-state index contributed by atoms with van der Waals surface area (Å²) in [7, 11) is 0. The van der Waals surface area contributed by atoms with E-state index in [-0.39, 0.29) is 22.8 Å². The Kier molecular flexibility index (Phi) is 5.47. The minimum atomic E-state index is -0.256. The van der Waals surface area contributed by atoms with Gasteiger partial charge < -0.3 is 10.6 Å². The molecule has 1 aromatic rings. The Morgan fingerprint density at radius 3 is 2.43 bits per heavy atom. The molecular weight excluding hydrogens is 368 g/mol. The molecule has 4 fully saturated rings. The third-order valence-corrected chi connectivity index (χ3v) is 7.94. The molecule has 2 N–H and O–H groups in total. The molecule has 1 aromatic carbocycles. The van der Waals surface area contributed by atoms with Crippen molar-refractivity contribution in [3.8, 4) is 0 Å². The number of benzene rings is 1. The van der Waals surface area contributed by atoms with E-state index in [9.17, 15) is 9.59 Å². The van der Waals surface area contributed by atoms with Gasteiger partial charge in [0.15, 0.2) is 0 Å². The Hall–Kier alpha value is -1.49. The number of amides is 2. The molecule has 28 heavy (non-hydrogen) atoms. The first-order chi connectivity index (χ1) is 13.4. The normalized spacial score (nSPS) is 32.9. The smallest absolute Gasteiger partial charge is 0.226 e. The summed E-state index contributed by atoms with van der Waals surface area (Å²) in [6.07, 6.45) is 6.20. The van der Waals surface area contributed by atoms with Crippen LogP contribution in [-0.2, 0) is 15.3 Å². The molecule has 4 bridgehead atoms. The molecule has 0 saturated heterocycles. The molecule has 4 saturated carbocycles.